The highest BCUT2D eigenvalue weighted by Gasteiger charge is 2.08. The van der Waals surface area contributed by atoms with Crippen molar-refractivity contribution in [3.05, 3.63) is 28.5 Å². The lowest BCUT2D eigenvalue weighted by Crippen LogP contribution is -2.11. The lowest BCUT2D eigenvalue weighted by atomic mass is 10.3. The van der Waals surface area contributed by atoms with Gasteiger partial charge in [0.25, 0.3) is 0 Å². The number of halogens is 1. The second-order valence-electron chi connectivity index (χ2n) is 3.34. The van der Waals surface area contributed by atoms with E-state index in [2.05, 4.69) is 31.1 Å². The highest BCUT2D eigenvalue weighted by atomic mass is 79.9. The zero-order chi connectivity index (χ0) is 12.3. The van der Waals surface area contributed by atoms with Crippen molar-refractivity contribution >= 4 is 32.9 Å². The van der Waals surface area contributed by atoms with Crippen LogP contribution < -0.4 is 0 Å². The Morgan fingerprint density at radius 2 is 2.18 bits per heavy atom. The van der Waals surface area contributed by atoms with Gasteiger partial charge in [0.15, 0.2) is 5.82 Å². The molecule has 5 nitrogen and oxygen atoms in total. The van der Waals surface area contributed by atoms with Gasteiger partial charge in [0.05, 0.1) is 12.1 Å². The van der Waals surface area contributed by atoms with Crippen LogP contribution in [0.1, 0.15) is 12.7 Å². The second kappa shape index (κ2) is 5.18. The SMILES string of the molecule is CCOC(=O)Cc1nnc2cc(Br)ccc2n1. The summed E-state index contributed by atoms with van der Waals surface area (Å²) in [5.74, 6) is 0.0315. The first kappa shape index (κ1) is 11.9. The molecule has 0 aliphatic rings. The molecule has 0 radical (unpaired) electrons. The molecule has 0 fully saturated rings. The van der Waals surface area contributed by atoms with Gasteiger partial charge in [0, 0.05) is 4.47 Å². The Morgan fingerprint density at radius 1 is 1.35 bits per heavy atom. The Kier molecular flexibility index (Phi) is 3.63. The monoisotopic (exact) mass is 295 g/mol. The van der Waals surface area contributed by atoms with Crippen LogP contribution in [0.15, 0.2) is 22.7 Å². The molecule has 0 atom stereocenters. The quantitative estimate of drug-likeness (QED) is 0.809. The van der Waals surface area contributed by atoms with Crippen molar-refractivity contribution < 1.29 is 9.53 Å². The lowest BCUT2D eigenvalue weighted by molar-refractivity contribution is -0.142. The molecular formula is C11H10BrN3O2. The third kappa shape index (κ3) is 2.97. The van der Waals surface area contributed by atoms with Crippen LogP contribution in [0, 0.1) is 0 Å². The fourth-order valence-corrected chi connectivity index (χ4v) is 1.71. The van der Waals surface area contributed by atoms with Crippen LogP contribution in [0.25, 0.3) is 11.0 Å². The Bertz CT molecular complexity index is 559. The summed E-state index contributed by atoms with van der Waals surface area (Å²) < 4.78 is 5.74. The summed E-state index contributed by atoms with van der Waals surface area (Å²) in [6.45, 7) is 2.11. The van der Waals surface area contributed by atoms with E-state index in [1.165, 1.54) is 0 Å². The number of carbonyl (C=O) groups excluding carboxylic acids is 1. The van der Waals surface area contributed by atoms with Gasteiger partial charge in [-0.15, -0.1) is 10.2 Å². The van der Waals surface area contributed by atoms with E-state index >= 15 is 0 Å². The predicted octanol–water partition coefficient (Wildman–Crippen LogP) is 1.89. The minimum absolute atomic E-state index is 0.0485. The fraction of sp³-hybridized carbons (Fsp3) is 0.273. The van der Waals surface area contributed by atoms with Crippen LogP contribution >= 0.6 is 15.9 Å². The highest BCUT2D eigenvalue weighted by Crippen LogP contribution is 2.15. The van der Waals surface area contributed by atoms with Crippen molar-refractivity contribution in [2.24, 2.45) is 0 Å². The zero-order valence-corrected chi connectivity index (χ0v) is 10.8. The molecule has 0 bridgehead atoms. The molecule has 0 unspecified atom stereocenters. The number of rotatable bonds is 3. The van der Waals surface area contributed by atoms with Crippen LogP contribution in [-0.4, -0.2) is 27.8 Å². The third-order valence-electron chi connectivity index (χ3n) is 2.07. The highest BCUT2D eigenvalue weighted by molar-refractivity contribution is 9.10. The van der Waals surface area contributed by atoms with Crippen molar-refractivity contribution in [3.8, 4) is 0 Å². The second-order valence-corrected chi connectivity index (χ2v) is 4.26. The van der Waals surface area contributed by atoms with E-state index in [1.807, 2.05) is 18.2 Å². The summed E-state index contributed by atoms with van der Waals surface area (Å²) in [4.78, 5) is 15.5. The first-order valence-corrected chi connectivity index (χ1v) is 5.93. The minimum atomic E-state index is -0.342. The van der Waals surface area contributed by atoms with E-state index in [-0.39, 0.29) is 12.4 Å². The van der Waals surface area contributed by atoms with Crippen molar-refractivity contribution in [2.45, 2.75) is 13.3 Å². The molecule has 0 saturated carbocycles. The van der Waals surface area contributed by atoms with Gasteiger partial charge in [-0.1, -0.05) is 15.9 Å². The molecule has 0 aliphatic carbocycles. The summed E-state index contributed by atoms with van der Waals surface area (Å²) in [5.41, 5.74) is 1.40. The molecule has 17 heavy (non-hydrogen) atoms. The maximum absolute atomic E-state index is 11.3. The normalized spacial score (nSPS) is 10.5. The largest absolute Gasteiger partial charge is 0.466 e. The van der Waals surface area contributed by atoms with Crippen molar-refractivity contribution in [2.75, 3.05) is 6.61 Å². The van der Waals surface area contributed by atoms with Crippen molar-refractivity contribution in [1.82, 2.24) is 15.2 Å². The van der Waals surface area contributed by atoms with E-state index in [9.17, 15) is 4.79 Å². The molecular weight excluding hydrogens is 286 g/mol. The van der Waals surface area contributed by atoms with Gasteiger partial charge in [0.1, 0.15) is 11.9 Å². The summed E-state index contributed by atoms with van der Waals surface area (Å²) in [5, 5.41) is 7.89. The smallest absolute Gasteiger partial charge is 0.313 e. The van der Waals surface area contributed by atoms with Crippen molar-refractivity contribution in [3.63, 3.8) is 0 Å². The molecule has 6 heteroatoms. The number of hydrogen-bond acceptors (Lipinski definition) is 5. The Balaban J connectivity index is 2.26. The standard InChI is InChI=1S/C11H10BrN3O2/c1-2-17-11(16)6-10-13-8-4-3-7(12)5-9(8)14-15-10/h3-5H,2,6H2,1H3. The topological polar surface area (TPSA) is 65.0 Å². The van der Waals surface area contributed by atoms with Gasteiger partial charge < -0.3 is 4.74 Å². The molecule has 2 aromatic rings. The van der Waals surface area contributed by atoms with Gasteiger partial charge in [-0.25, -0.2) is 4.98 Å². The van der Waals surface area contributed by atoms with E-state index in [1.54, 1.807) is 6.92 Å². The summed E-state index contributed by atoms with van der Waals surface area (Å²) in [7, 11) is 0. The average molecular weight is 296 g/mol. The molecule has 1 aromatic heterocycles. The third-order valence-corrected chi connectivity index (χ3v) is 2.56. The van der Waals surface area contributed by atoms with Crippen LogP contribution in [0.4, 0.5) is 0 Å². The van der Waals surface area contributed by atoms with Crippen LogP contribution in [0.5, 0.6) is 0 Å². The van der Waals surface area contributed by atoms with Crippen LogP contribution in [-0.2, 0) is 16.0 Å². The molecule has 0 aliphatic heterocycles. The molecule has 88 valence electrons. The van der Waals surface area contributed by atoms with E-state index in [4.69, 9.17) is 4.74 Å². The van der Waals surface area contributed by atoms with Gasteiger partial charge in [-0.05, 0) is 25.1 Å². The molecule has 1 aromatic carbocycles. The number of benzene rings is 1. The van der Waals surface area contributed by atoms with Gasteiger partial charge in [-0.2, -0.15) is 0 Å². The number of esters is 1. The summed E-state index contributed by atoms with van der Waals surface area (Å²) in [6, 6.07) is 5.51. The maximum atomic E-state index is 11.3. The Hall–Kier alpha value is -1.56. The number of fused-ring (bicyclic) bond motifs is 1. The van der Waals surface area contributed by atoms with Gasteiger partial charge >= 0.3 is 5.97 Å². The first-order valence-electron chi connectivity index (χ1n) is 5.13. The predicted molar refractivity (Wildman–Crippen MR) is 65.4 cm³/mol. The molecule has 0 N–H and O–H groups in total. The van der Waals surface area contributed by atoms with Gasteiger partial charge in [0.2, 0.25) is 0 Å². The molecule has 1 heterocycles. The van der Waals surface area contributed by atoms with Crippen LogP contribution in [0.3, 0.4) is 0 Å². The minimum Gasteiger partial charge on any atom is -0.466 e. The Labute approximate surface area is 106 Å². The van der Waals surface area contributed by atoms with E-state index in [0.29, 0.717) is 23.5 Å². The van der Waals surface area contributed by atoms with E-state index in [0.717, 1.165) is 4.47 Å². The molecule has 0 amide bonds. The Morgan fingerprint density at radius 3 is 2.94 bits per heavy atom. The number of hydrogen-bond donors (Lipinski definition) is 0. The summed E-state index contributed by atoms with van der Waals surface area (Å²) in [6.07, 6.45) is 0.0485. The number of ether oxygens (including phenoxy) is 1. The molecule has 2 rings (SSSR count). The lowest BCUT2D eigenvalue weighted by Gasteiger charge is -2.01. The van der Waals surface area contributed by atoms with Gasteiger partial charge in [-0.3, -0.25) is 4.79 Å². The first-order chi connectivity index (χ1) is 8.19. The van der Waals surface area contributed by atoms with E-state index < -0.39 is 0 Å². The number of nitrogens with zero attached hydrogens (tertiary/aromatic N) is 3. The number of carbonyl (C=O) groups is 1. The summed E-state index contributed by atoms with van der Waals surface area (Å²) >= 11 is 3.34. The number of aromatic nitrogens is 3. The fourth-order valence-electron chi connectivity index (χ4n) is 1.36. The average Bonchev–Trinajstić information content (AvgIpc) is 2.29. The van der Waals surface area contributed by atoms with Crippen LogP contribution in [0.2, 0.25) is 0 Å². The molecule has 0 spiro atoms. The maximum Gasteiger partial charge on any atom is 0.313 e. The zero-order valence-electron chi connectivity index (χ0n) is 9.18. The van der Waals surface area contributed by atoms with Crippen molar-refractivity contribution in [1.29, 1.82) is 0 Å². The molecule has 0 saturated heterocycles.